The third kappa shape index (κ3) is 3.80. The average molecular weight is 270 g/mol. The van der Waals surface area contributed by atoms with E-state index in [4.69, 9.17) is 9.52 Å². The van der Waals surface area contributed by atoms with Gasteiger partial charge in [-0.2, -0.15) is 0 Å². The van der Waals surface area contributed by atoms with E-state index in [9.17, 15) is 19.7 Å². The molecule has 0 aromatic carbocycles. The van der Waals surface area contributed by atoms with Crippen molar-refractivity contribution in [2.24, 2.45) is 11.8 Å². The van der Waals surface area contributed by atoms with Gasteiger partial charge in [-0.3, -0.25) is 19.7 Å². The number of nitrogens with zero attached hydrogens (tertiary/aromatic N) is 1. The van der Waals surface area contributed by atoms with Crippen molar-refractivity contribution in [3.05, 3.63) is 28.0 Å². The first-order valence-corrected chi connectivity index (χ1v) is 5.58. The smallest absolute Gasteiger partial charge is 0.433 e. The number of rotatable bonds is 6. The first-order valence-electron chi connectivity index (χ1n) is 5.58. The molecule has 2 N–H and O–H groups in total. The zero-order valence-electron chi connectivity index (χ0n) is 10.5. The first-order chi connectivity index (χ1) is 8.82. The van der Waals surface area contributed by atoms with Gasteiger partial charge in [-0.1, -0.05) is 13.8 Å². The minimum absolute atomic E-state index is 0.0691. The third-order valence-electron chi connectivity index (χ3n) is 2.60. The molecular weight excluding hydrogens is 256 g/mol. The van der Waals surface area contributed by atoms with E-state index in [1.54, 1.807) is 13.8 Å². The number of nitro groups is 1. The molecule has 1 rings (SSSR count). The highest BCUT2D eigenvalue weighted by atomic mass is 16.6. The lowest BCUT2D eigenvalue weighted by Crippen LogP contribution is -2.35. The fraction of sp³-hybridized carbons (Fsp3) is 0.455. The Hall–Kier alpha value is -2.38. The quantitative estimate of drug-likeness (QED) is 0.592. The molecule has 0 aliphatic carbocycles. The van der Waals surface area contributed by atoms with Crippen LogP contribution in [0, 0.1) is 22.0 Å². The second-order valence-corrected chi connectivity index (χ2v) is 4.29. The van der Waals surface area contributed by atoms with Crippen molar-refractivity contribution in [2.45, 2.75) is 13.8 Å². The molecule has 0 fully saturated rings. The molecule has 0 saturated heterocycles. The molecule has 104 valence electrons. The van der Waals surface area contributed by atoms with Crippen LogP contribution in [0.1, 0.15) is 24.4 Å². The van der Waals surface area contributed by atoms with Gasteiger partial charge in [-0.25, -0.2) is 0 Å². The topological polar surface area (TPSA) is 123 Å². The van der Waals surface area contributed by atoms with Gasteiger partial charge in [0.15, 0.2) is 5.76 Å². The normalized spacial score (nSPS) is 12.2. The summed E-state index contributed by atoms with van der Waals surface area (Å²) in [5.41, 5.74) is 0. The molecule has 1 aromatic rings. The molecule has 0 radical (unpaired) electrons. The number of carboxylic acids is 1. The zero-order valence-corrected chi connectivity index (χ0v) is 10.5. The summed E-state index contributed by atoms with van der Waals surface area (Å²) >= 11 is 0. The highest BCUT2D eigenvalue weighted by Gasteiger charge is 2.23. The van der Waals surface area contributed by atoms with Crippen LogP contribution in [-0.4, -0.2) is 28.5 Å². The summed E-state index contributed by atoms with van der Waals surface area (Å²) in [5, 5.41) is 21.7. The number of nitrogens with one attached hydrogen (secondary N) is 1. The molecule has 1 atom stereocenters. The second kappa shape index (κ2) is 5.98. The monoisotopic (exact) mass is 270 g/mol. The van der Waals surface area contributed by atoms with E-state index in [-0.39, 0.29) is 18.2 Å². The van der Waals surface area contributed by atoms with Crippen molar-refractivity contribution >= 4 is 17.8 Å². The number of furan rings is 1. The number of carbonyl (C=O) groups excluding carboxylic acids is 1. The highest BCUT2D eigenvalue weighted by Crippen LogP contribution is 2.16. The summed E-state index contributed by atoms with van der Waals surface area (Å²) in [6.07, 6.45) is 0. The van der Waals surface area contributed by atoms with E-state index in [0.29, 0.717) is 0 Å². The Morgan fingerprint density at radius 2 is 2.11 bits per heavy atom. The van der Waals surface area contributed by atoms with Gasteiger partial charge in [-0.05, 0) is 12.0 Å². The van der Waals surface area contributed by atoms with Crippen LogP contribution in [0.5, 0.6) is 0 Å². The van der Waals surface area contributed by atoms with Crippen LogP contribution in [0.4, 0.5) is 5.88 Å². The molecule has 1 heterocycles. The maximum atomic E-state index is 11.6. The van der Waals surface area contributed by atoms with Crippen LogP contribution in [0.3, 0.4) is 0 Å². The van der Waals surface area contributed by atoms with Crippen LogP contribution in [0.25, 0.3) is 0 Å². The van der Waals surface area contributed by atoms with Crippen molar-refractivity contribution in [1.29, 1.82) is 0 Å². The molecule has 8 heteroatoms. The molecule has 0 spiro atoms. The van der Waals surface area contributed by atoms with Gasteiger partial charge in [0.25, 0.3) is 5.91 Å². The van der Waals surface area contributed by atoms with Crippen LogP contribution >= 0.6 is 0 Å². The Kier molecular flexibility index (Phi) is 4.62. The van der Waals surface area contributed by atoms with Crippen LogP contribution in [0.15, 0.2) is 16.5 Å². The molecule has 0 aliphatic rings. The summed E-state index contributed by atoms with van der Waals surface area (Å²) < 4.78 is 4.70. The van der Waals surface area contributed by atoms with Crippen molar-refractivity contribution in [3.8, 4) is 0 Å². The lowest BCUT2D eigenvalue weighted by atomic mass is 9.96. The summed E-state index contributed by atoms with van der Waals surface area (Å²) in [5.74, 6) is -3.33. The molecule has 0 saturated carbocycles. The van der Waals surface area contributed by atoms with E-state index < -0.39 is 28.6 Å². The molecule has 19 heavy (non-hydrogen) atoms. The Labute approximate surface area is 108 Å². The van der Waals surface area contributed by atoms with E-state index in [0.717, 1.165) is 6.07 Å². The predicted octanol–water partition coefficient (Wildman–Crippen LogP) is 1.27. The Bertz CT molecular complexity index is 493. The Morgan fingerprint density at radius 3 is 2.53 bits per heavy atom. The lowest BCUT2D eigenvalue weighted by Gasteiger charge is -2.16. The molecule has 8 nitrogen and oxygen atoms in total. The first kappa shape index (κ1) is 14.7. The van der Waals surface area contributed by atoms with Gasteiger partial charge < -0.3 is 14.8 Å². The standard InChI is InChI=1S/C11H14N2O6/c1-6(2)7(11(15)16)5-12-10(14)8-3-4-9(19-8)13(17)18/h3-4,6-7H,5H2,1-2H3,(H,12,14)(H,15,16). The van der Waals surface area contributed by atoms with Crippen LogP contribution < -0.4 is 5.32 Å². The van der Waals surface area contributed by atoms with Gasteiger partial charge in [0.1, 0.15) is 4.92 Å². The van der Waals surface area contributed by atoms with Gasteiger partial charge in [0.05, 0.1) is 12.0 Å². The van der Waals surface area contributed by atoms with Gasteiger partial charge >= 0.3 is 11.9 Å². The summed E-state index contributed by atoms with van der Waals surface area (Å²) in [7, 11) is 0. The van der Waals surface area contributed by atoms with Gasteiger partial charge in [0, 0.05) is 6.54 Å². The van der Waals surface area contributed by atoms with Crippen molar-refractivity contribution < 1.29 is 24.0 Å². The largest absolute Gasteiger partial charge is 0.481 e. The fourth-order valence-electron chi connectivity index (χ4n) is 1.45. The minimum Gasteiger partial charge on any atom is -0.481 e. The fourth-order valence-corrected chi connectivity index (χ4v) is 1.45. The minimum atomic E-state index is -1.01. The number of carbonyl (C=O) groups is 2. The second-order valence-electron chi connectivity index (χ2n) is 4.29. The number of amides is 1. The Balaban J connectivity index is 2.64. The van der Waals surface area contributed by atoms with E-state index in [2.05, 4.69) is 5.32 Å². The Morgan fingerprint density at radius 1 is 1.47 bits per heavy atom. The van der Waals surface area contributed by atoms with Crippen LogP contribution in [0.2, 0.25) is 0 Å². The molecule has 0 aliphatic heterocycles. The molecule has 1 aromatic heterocycles. The van der Waals surface area contributed by atoms with E-state index in [1.165, 1.54) is 6.07 Å². The predicted molar refractivity (Wildman–Crippen MR) is 63.7 cm³/mol. The number of hydrogen-bond donors (Lipinski definition) is 2. The lowest BCUT2D eigenvalue weighted by molar-refractivity contribution is -0.402. The van der Waals surface area contributed by atoms with Crippen molar-refractivity contribution in [1.82, 2.24) is 5.32 Å². The average Bonchev–Trinajstić information content (AvgIpc) is 2.77. The molecule has 1 amide bonds. The van der Waals surface area contributed by atoms with E-state index >= 15 is 0 Å². The number of carboxylic acid groups (broad SMARTS) is 1. The number of hydrogen-bond acceptors (Lipinski definition) is 5. The summed E-state index contributed by atoms with van der Waals surface area (Å²) in [6.45, 7) is 3.38. The third-order valence-corrected chi connectivity index (χ3v) is 2.60. The van der Waals surface area contributed by atoms with Crippen molar-refractivity contribution in [3.63, 3.8) is 0 Å². The molecular formula is C11H14N2O6. The highest BCUT2D eigenvalue weighted by molar-refractivity contribution is 5.91. The van der Waals surface area contributed by atoms with E-state index in [1.807, 2.05) is 0 Å². The summed E-state index contributed by atoms with van der Waals surface area (Å²) in [6, 6.07) is 2.23. The zero-order chi connectivity index (χ0) is 14.6. The molecule has 0 bridgehead atoms. The maximum absolute atomic E-state index is 11.6. The maximum Gasteiger partial charge on any atom is 0.433 e. The van der Waals surface area contributed by atoms with Gasteiger partial charge in [-0.15, -0.1) is 0 Å². The SMILES string of the molecule is CC(C)C(CNC(=O)c1ccc([N+](=O)[O-])o1)C(=O)O. The van der Waals surface area contributed by atoms with Crippen molar-refractivity contribution in [2.75, 3.05) is 6.54 Å². The summed E-state index contributed by atoms with van der Waals surface area (Å²) in [4.78, 5) is 32.2. The van der Waals surface area contributed by atoms with Gasteiger partial charge in [0.2, 0.25) is 0 Å². The molecule has 1 unspecified atom stereocenters. The number of aliphatic carboxylic acids is 1. The van der Waals surface area contributed by atoms with Crippen LogP contribution in [-0.2, 0) is 4.79 Å².